The summed E-state index contributed by atoms with van der Waals surface area (Å²) in [6.45, 7) is -0.388. The molecule has 116 valence electrons. The number of sulfone groups is 1. The molecule has 21 heavy (non-hydrogen) atoms. The zero-order valence-corrected chi connectivity index (χ0v) is 14.5. The van der Waals surface area contributed by atoms with Crippen LogP contribution in [0.4, 0.5) is 0 Å². The van der Waals surface area contributed by atoms with E-state index in [-0.39, 0.29) is 24.2 Å². The van der Waals surface area contributed by atoms with Crippen LogP contribution >= 0.6 is 27.3 Å². The molecule has 0 bridgehead atoms. The van der Waals surface area contributed by atoms with Gasteiger partial charge in [0.1, 0.15) is 4.88 Å². The topological polar surface area (TPSA) is 80.8 Å². The van der Waals surface area contributed by atoms with Crippen molar-refractivity contribution in [1.82, 2.24) is 4.90 Å². The van der Waals surface area contributed by atoms with Gasteiger partial charge in [0.05, 0.1) is 15.3 Å². The maximum absolute atomic E-state index is 11.9. The third-order valence-corrected chi connectivity index (χ3v) is 6.60. The van der Waals surface area contributed by atoms with Crippen LogP contribution in [0.15, 0.2) is 15.9 Å². The molecule has 1 aromatic rings. The fourth-order valence-corrected chi connectivity index (χ4v) is 5.06. The lowest BCUT2D eigenvalue weighted by molar-refractivity contribution is -0.134. The van der Waals surface area contributed by atoms with Gasteiger partial charge in [0.2, 0.25) is 0 Å². The molecule has 0 radical (unpaired) electrons. The first-order valence-electron chi connectivity index (χ1n) is 6.17. The van der Waals surface area contributed by atoms with E-state index < -0.39 is 21.7 Å². The first-order valence-corrected chi connectivity index (χ1v) is 9.60. The smallest absolute Gasteiger partial charge is 0.348 e. The SMILES string of the molecule is CN(C(=O)COC(=O)c1ccc(Br)s1)[C@@H]1CCS(=O)(=O)C1. The molecule has 1 amide bonds. The number of carbonyl (C=O) groups excluding carboxylic acids is 2. The Kier molecular flexibility index (Phi) is 5.05. The quantitative estimate of drug-likeness (QED) is 0.717. The van der Waals surface area contributed by atoms with E-state index >= 15 is 0 Å². The highest BCUT2D eigenvalue weighted by molar-refractivity contribution is 9.11. The number of hydrogen-bond acceptors (Lipinski definition) is 6. The molecule has 0 unspecified atom stereocenters. The standard InChI is InChI=1S/C12H14BrNO5S2/c1-14(8-4-5-21(17,18)7-8)11(15)6-19-12(16)9-2-3-10(13)20-9/h2-3,8H,4-7H2,1H3/t8-/m1/s1. The monoisotopic (exact) mass is 395 g/mol. The summed E-state index contributed by atoms with van der Waals surface area (Å²) in [4.78, 5) is 25.4. The highest BCUT2D eigenvalue weighted by Gasteiger charge is 2.32. The molecule has 0 aromatic carbocycles. The molecule has 0 N–H and O–H groups in total. The second-order valence-corrected chi connectivity index (χ2v) is 9.43. The van der Waals surface area contributed by atoms with Gasteiger partial charge in [0, 0.05) is 13.1 Å². The number of likely N-dealkylation sites (N-methyl/N-ethyl adjacent to an activating group) is 1. The van der Waals surface area contributed by atoms with E-state index in [1.54, 1.807) is 12.1 Å². The van der Waals surface area contributed by atoms with Crippen LogP contribution in [-0.4, -0.2) is 56.4 Å². The van der Waals surface area contributed by atoms with Gasteiger partial charge in [-0.15, -0.1) is 11.3 Å². The van der Waals surface area contributed by atoms with E-state index in [0.717, 1.165) is 3.79 Å². The Bertz CT molecular complexity index is 654. The van der Waals surface area contributed by atoms with Gasteiger partial charge in [-0.25, -0.2) is 13.2 Å². The molecular weight excluding hydrogens is 382 g/mol. The Morgan fingerprint density at radius 3 is 2.71 bits per heavy atom. The Morgan fingerprint density at radius 2 is 2.19 bits per heavy atom. The highest BCUT2D eigenvalue weighted by atomic mass is 79.9. The molecule has 9 heteroatoms. The second-order valence-electron chi connectivity index (χ2n) is 4.74. The summed E-state index contributed by atoms with van der Waals surface area (Å²) in [5.74, 6) is -0.896. The average molecular weight is 396 g/mol. The van der Waals surface area contributed by atoms with Gasteiger partial charge in [-0.3, -0.25) is 4.79 Å². The third-order valence-electron chi connectivity index (χ3n) is 3.25. The fourth-order valence-electron chi connectivity index (χ4n) is 2.01. The van der Waals surface area contributed by atoms with Gasteiger partial charge in [0.15, 0.2) is 16.4 Å². The van der Waals surface area contributed by atoms with Crippen LogP contribution in [0.5, 0.6) is 0 Å². The largest absolute Gasteiger partial charge is 0.451 e. The minimum absolute atomic E-state index is 0.0267. The molecule has 6 nitrogen and oxygen atoms in total. The molecule has 1 saturated heterocycles. The molecule has 1 aromatic heterocycles. The minimum Gasteiger partial charge on any atom is -0.451 e. The van der Waals surface area contributed by atoms with Crippen LogP contribution in [0.3, 0.4) is 0 Å². The fraction of sp³-hybridized carbons (Fsp3) is 0.500. The molecule has 2 rings (SSSR count). The van der Waals surface area contributed by atoms with Crippen molar-refractivity contribution in [3.8, 4) is 0 Å². The van der Waals surface area contributed by atoms with Crippen LogP contribution in [0, 0.1) is 0 Å². The van der Waals surface area contributed by atoms with Crippen molar-refractivity contribution in [2.75, 3.05) is 25.2 Å². The Balaban J connectivity index is 1.86. The lowest BCUT2D eigenvalue weighted by Crippen LogP contribution is -2.40. The Hall–Kier alpha value is -0.930. The van der Waals surface area contributed by atoms with E-state index in [1.165, 1.54) is 23.3 Å². The molecule has 0 spiro atoms. The van der Waals surface area contributed by atoms with Crippen LogP contribution in [0.2, 0.25) is 0 Å². The van der Waals surface area contributed by atoms with Gasteiger partial charge in [-0.05, 0) is 34.5 Å². The number of amides is 1. The molecule has 1 aliphatic rings. The second kappa shape index (κ2) is 6.45. The molecule has 1 atom stereocenters. The van der Waals surface area contributed by atoms with Crippen molar-refractivity contribution in [3.63, 3.8) is 0 Å². The van der Waals surface area contributed by atoms with Crippen LogP contribution < -0.4 is 0 Å². The summed E-state index contributed by atoms with van der Waals surface area (Å²) >= 11 is 4.46. The number of nitrogens with zero attached hydrogens (tertiary/aromatic N) is 1. The van der Waals surface area contributed by atoms with E-state index in [9.17, 15) is 18.0 Å². The number of rotatable bonds is 4. The van der Waals surface area contributed by atoms with Crippen LogP contribution in [-0.2, 0) is 19.4 Å². The summed E-state index contributed by atoms with van der Waals surface area (Å²) < 4.78 is 28.5. The normalized spacial score (nSPS) is 20.2. The predicted molar refractivity (Wildman–Crippen MR) is 82.1 cm³/mol. The lowest BCUT2D eigenvalue weighted by atomic mass is 10.2. The number of esters is 1. The van der Waals surface area contributed by atoms with Crippen LogP contribution in [0.25, 0.3) is 0 Å². The predicted octanol–water partition coefficient (Wildman–Crippen LogP) is 1.31. The summed E-state index contributed by atoms with van der Waals surface area (Å²) in [5.41, 5.74) is 0. The summed E-state index contributed by atoms with van der Waals surface area (Å²) in [6.07, 6.45) is 0.427. The molecular formula is C12H14BrNO5S2. The van der Waals surface area contributed by atoms with Crippen molar-refractivity contribution in [2.45, 2.75) is 12.5 Å². The summed E-state index contributed by atoms with van der Waals surface area (Å²) in [6, 6.07) is 2.99. The third kappa shape index (κ3) is 4.27. The van der Waals surface area contributed by atoms with Crippen molar-refractivity contribution in [1.29, 1.82) is 0 Å². The molecule has 2 heterocycles. The first-order chi connectivity index (χ1) is 9.78. The Labute approximate surface area is 135 Å². The van der Waals surface area contributed by atoms with Crippen molar-refractivity contribution < 1.29 is 22.7 Å². The number of carbonyl (C=O) groups is 2. The number of hydrogen-bond donors (Lipinski definition) is 0. The van der Waals surface area contributed by atoms with E-state index in [4.69, 9.17) is 4.74 Å². The van der Waals surface area contributed by atoms with E-state index in [1.807, 2.05) is 0 Å². The Morgan fingerprint density at radius 1 is 1.48 bits per heavy atom. The maximum Gasteiger partial charge on any atom is 0.348 e. The summed E-state index contributed by atoms with van der Waals surface area (Å²) in [7, 11) is -1.52. The van der Waals surface area contributed by atoms with Crippen molar-refractivity contribution in [3.05, 3.63) is 20.8 Å². The van der Waals surface area contributed by atoms with Crippen molar-refractivity contribution >= 4 is 49.0 Å². The van der Waals surface area contributed by atoms with Gasteiger partial charge < -0.3 is 9.64 Å². The first kappa shape index (κ1) is 16.4. The highest BCUT2D eigenvalue weighted by Crippen LogP contribution is 2.22. The van der Waals surface area contributed by atoms with Gasteiger partial charge >= 0.3 is 5.97 Å². The number of halogens is 1. The zero-order chi connectivity index (χ0) is 15.6. The van der Waals surface area contributed by atoms with Crippen molar-refractivity contribution in [2.24, 2.45) is 0 Å². The number of ether oxygens (including phenoxy) is 1. The van der Waals surface area contributed by atoms with Gasteiger partial charge in [-0.2, -0.15) is 0 Å². The van der Waals surface area contributed by atoms with Crippen LogP contribution in [0.1, 0.15) is 16.1 Å². The molecule has 0 aliphatic carbocycles. The van der Waals surface area contributed by atoms with E-state index in [2.05, 4.69) is 15.9 Å². The lowest BCUT2D eigenvalue weighted by Gasteiger charge is -2.23. The van der Waals surface area contributed by atoms with E-state index in [0.29, 0.717) is 11.3 Å². The zero-order valence-electron chi connectivity index (χ0n) is 11.2. The average Bonchev–Trinajstić information content (AvgIpc) is 3.00. The molecule has 0 saturated carbocycles. The minimum atomic E-state index is -3.05. The van der Waals surface area contributed by atoms with Gasteiger partial charge in [0.25, 0.3) is 5.91 Å². The number of thiophene rings is 1. The molecule has 1 fully saturated rings. The molecule has 1 aliphatic heterocycles. The maximum atomic E-state index is 11.9. The summed E-state index contributed by atoms with van der Waals surface area (Å²) in [5, 5.41) is 0. The van der Waals surface area contributed by atoms with Gasteiger partial charge in [-0.1, -0.05) is 0 Å².